The van der Waals surface area contributed by atoms with Gasteiger partial charge in [-0.3, -0.25) is 4.79 Å². The third-order valence-corrected chi connectivity index (χ3v) is 3.54. The molecular weight excluding hydrogens is 319 g/mol. The third-order valence-electron chi connectivity index (χ3n) is 2.46. The zero-order chi connectivity index (χ0) is 14.5. The number of nitrogens with one attached hydrogen (secondary N) is 1. The largest absolute Gasteiger partial charge is 0.271 e. The van der Waals surface area contributed by atoms with Gasteiger partial charge < -0.3 is 0 Å². The van der Waals surface area contributed by atoms with Gasteiger partial charge in [0.15, 0.2) is 0 Å². The number of carbonyl (C=O) groups is 1. The van der Waals surface area contributed by atoms with E-state index < -0.39 is 0 Å². The Balaban J connectivity index is 2.04. The molecule has 20 heavy (non-hydrogen) atoms. The Morgan fingerprint density at radius 3 is 2.45 bits per heavy atom. The lowest BCUT2D eigenvalue weighted by Crippen LogP contribution is -2.17. The number of rotatable bonds is 3. The summed E-state index contributed by atoms with van der Waals surface area (Å²) < 4.78 is 0. The number of benzene rings is 2. The first-order valence-corrected chi connectivity index (χ1v) is 6.74. The Morgan fingerprint density at radius 2 is 1.75 bits per heavy atom. The van der Waals surface area contributed by atoms with E-state index in [2.05, 4.69) is 10.5 Å². The van der Waals surface area contributed by atoms with Gasteiger partial charge in [0.25, 0.3) is 5.91 Å². The van der Waals surface area contributed by atoms with Crippen molar-refractivity contribution in [1.82, 2.24) is 5.43 Å². The fraction of sp³-hybridized carbons (Fsp3) is 0. The first-order valence-electron chi connectivity index (χ1n) is 5.61. The van der Waals surface area contributed by atoms with Gasteiger partial charge in [0.05, 0.1) is 16.3 Å². The Hall–Kier alpha value is -1.55. The van der Waals surface area contributed by atoms with Crippen molar-refractivity contribution in [3.63, 3.8) is 0 Å². The van der Waals surface area contributed by atoms with Gasteiger partial charge in [-0.2, -0.15) is 5.10 Å². The summed E-state index contributed by atoms with van der Waals surface area (Å²) in [5, 5.41) is 5.23. The van der Waals surface area contributed by atoms with Crippen LogP contribution < -0.4 is 5.43 Å². The van der Waals surface area contributed by atoms with Crippen LogP contribution in [0.2, 0.25) is 15.1 Å². The number of hydrogen-bond donors (Lipinski definition) is 1. The SMILES string of the molecule is O=C(N/N=C\c1cccc(Cl)c1Cl)c1ccc(Cl)cc1. The van der Waals surface area contributed by atoms with E-state index in [1.54, 1.807) is 42.5 Å². The van der Waals surface area contributed by atoms with E-state index in [0.717, 1.165) is 0 Å². The molecule has 0 bridgehead atoms. The second kappa shape index (κ2) is 6.75. The Morgan fingerprint density at radius 1 is 1.05 bits per heavy atom. The van der Waals surface area contributed by atoms with Crippen molar-refractivity contribution >= 4 is 46.9 Å². The number of nitrogens with zero attached hydrogens (tertiary/aromatic N) is 1. The highest BCUT2D eigenvalue weighted by atomic mass is 35.5. The molecule has 0 saturated heterocycles. The zero-order valence-electron chi connectivity index (χ0n) is 10.1. The molecule has 0 unspecified atom stereocenters. The predicted octanol–water partition coefficient (Wildman–Crippen LogP) is 4.41. The van der Waals surface area contributed by atoms with Crippen molar-refractivity contribution in [2.45, 2.75) is 0 Å². The fourth-order valence-corrected chi connectivity index (χ4v) is 1.93. The van der Waals surface area contributed by atoms with E-state index in [4.69, 9.17) is 34.8 Å². The van der Waals surface area contributed by atoms with Crippen LogP contribution in [0.5, 0.6) is 0 Å². The fourth-order valence-electron chi connectivity index (χ4n) is 1.45. The minimum atomic E-state index is -0.337. The molecule has 0 saturated carbocycles. The van der Waals surface area contributed by atoms with Crippen LogP contribution in [-0.2, 0) is 0 Å². The van der Waals surface area contributed by atoms with Gasteiger partial charge in [-0.05, 0) is 30.3 Å². The molecule has 102 valence electrons. The lowest BCUT2D eigenvalue weighted by atomic mass is 10.2. The van der Waals surface area contributed by atoms with E-state index in [9.17, 15) is 4.79 Å². The van der Waals surface area contributed by atoms with E-state index in [0.29, 0.717) is 26.2 Å². The minimum Gasteiger partial charge on any atom is -0.267 e. The van der Waals surface area contributed by atoms with Crippen LogP contribution in [0.25, 0.3) is 0 Å². The van der Waals surface area contributed by atoms with Gasteiger partial charge in [0.2, 0.25) is 0 Å². The Kier molecular flexibility index (Phi) is 5.01. The Labute approximate surface area is 131 Å². The van der Waals surface area contributed by atoms with Gasteiger partial charge in [0, 0.05) is 16.1 Å². The second-order valence-electron chi connectivity index (χ2n) is 3.85. The quantitative estimate of drug-likeness (QED) is 0.658. The minimum absolute atomic E-state index is 0.337. The molecule has 0 aliphatic carbocycles. The van der Waals surface area contributed by atoms with Crippen LogP contribution in [0.15, 0.2) is 47.6 Å². The zero-order valence-corrected chi connectivity index (χ0v) is 12.4. The number of hydrogen-bond acceptors (Lipinski definition) is 2. The molecule has 3 nitrogen and oxygen atoms in total. The summed E-state index contributed by atoms with van der Waals surface area (Å²) in [4.78, 5) is 11.8. The van der Waals surface area contributed by atoms with Crippen molar-refractivity contribution in [2.24, 2.45) is 5.10 Å². The summed E-state index contributed by atoms with van der Waals surface area (Å²) in [7, 11) is 0. The maximum Gasteiger partial charge on any atom is 0.271 e. The Bertz CT molecular complexity index is 654. The average molecular weight is 328 g/mol. The molecule has 0 aromatic heterocycles. The van der Waals surface area contributed by atoms with E-state index in [1.807, 2.05) is 0 Å². The van der Waals surface area contributed by atoms with Crippen molar-refractivity contribution in [3.8, 4) is 0 Å². The first kappa shape index (κ1) is 14.9. The van der Waals surface area contributed by atoms with Crippen LogP contribution in [0.4, 0.5) is 0 Å². The average Bonchev–Trinajstić information content (AvgIpc) is 2.44. The molecule has 0 heterocycles. The van der Waals surface area contributed by atoms with Gasteiger partial charge in [-0.15, -0.1) is 0 Å². The molecule has 2 aromatic rings. The lowest BCUT2D eigenvalue weighted by Gasteiger charge is -2.01. The van der Waals surface area contributed by atoms with E-state index in [-0.39, 0.29) is 5.91 Å². The van der Waals surface area contributed by atoms with Crippen molar-refractivity contribution in [1.29, 1.82) is 0 Å². The molecule has 0 aliphatic heterocycles. The number of amides is 1. The van der Waals surface area contributed by atoms with Crippen LogP contribution >= 0.6 is 34.8 Å². The lowest BCUT2D eigenvalue weighted by molar-refractivity contribution is 0.0955. The molecule has 6 heteroatoms. The predicted molar refractivity (Wildman–Crippen MR) is 83.0 cm³/mol. The standard InChI is InChI=1S/C14H9Cl3N2O/c15-11-6-4-9(5-7-11)14(20)19-18-8-10-2-1-3-12(16)13(10)17/h1-8H,(H,19,20)/b18-8-. The highest BCUT2D eigenvalue weighted by Gasteiger charge is 2.04. The summed E-state index contributed by atoms with van der Waals surface area (Å²) in [6.07, 6.45) is 1.43. The molecule has 2 rings (SSSR count). The molecule has 0 spiro atoms. The normalized spacial score (nSPS) is 10.8. The summed E-state index contributed by atoms with van der Waals surface area (Å²) in [5.41, 5.74) is 3.48. The molecular formula is C14H9Cl3N2O. The molecule has 0 fully saturated rings. The number of hydrazone groups is 1. The summed E-state index contributed by atoms with van der Waals surface area (Å²) in [5.74, 6) is -0.337. The van der Waals surface area contributed by atoms with Crippen LogP contribution in [0.3, 0.4) is 0 Å². The van der Waals surface area contributed by atoms with Crippen molar-refractivity contribution < 1.29 is 4.79 Å². The second-order valence-corrected chi connectivity index (χ2v) is 5.07. The topological polar surface area (TPSA) is 41.5 Å². The van der Waals surface area contributed by atoms with Crippen LogP contribution in [0, 0.1) is 0 Å². The smallest absolute Gasteiger partial charge is 0.267 e. The summed E-state index contributed by atoms with van der Waals surface area (Å²) >= 11 is 17.6. The molecule has 1 N–H and O–H groups in total. The maximum absolute atomic E-state index is 11.8. The third kappa shape index (κ3) is 3.73. The summed E-state index contributed by atoms with van der Waals surface area (Å²) in [6, 6.07) is 11.7. The van der Waals surface area contributed by atoms with Gasteiger partial charge in [-0.25, -0.2) is 5.43 Å². The van der Waals surface area contributed by atoms with Gasteiger partial charge in [0.1, 0.15) is 0 Å². The molecule has 0 radical (unpaired) electrons. The highest BCUT2D eigenvalue weighted by Crippen LogP contribution is 2.24. The summed E-state index contributed by atoms with van der Waals surface area (Å²) in [6.45, 7) is 0. The number of carbonyl (C=O) groups excluding carboxylic acids is 1. The molecule has 1 amide bonds. The van der Waals surface area contributed by atoms with Crippen molar-refractivity contribution in [2.75, 3.05) is 0 Å². The molecule has 0 atom stereocenters. The van der Waals surface area contributed by atoms with Crippen molar-refractivity contribution in [3.05, 3.63) is 68.7 Å². The first-order chi connectivity index (χ1) is 9.58. The monoisotopic (exact) mass is 326 g/mol. The number of halogens is 3. The van der Waals surface area contributed by atoms with E-state index >= 15 is 0 Å². The van der Waals surface area contributed by atoms with Crippen LogP contribution in [0.1, 0.15) is 15.9 Å². The molecule has 2 aromatic carbocycles. The van der Waals surface area contributed by atoms with Crippen LogP contribution in [-0.4, -0.2) is 12.1 Å². The van der Waals surface area contributed by atoms with Gasteiger partial charge >= 0.3 is 0 Å². The van der Waals surface area contributed by atoms with E-state index in [1.165, 1.54) is 6.21 Å². The van der Waals surface area contributed by atoms with Gasteiger partial charge in [-0.1, -0.05) is 46.9 Å². The molecule has 0 aliphatic rings. The maximum atomic E-state index is 11.8. The highest BCUT2D eigenvalue weighted by molar-refractivity contribution is 6.43.